The van der Waals surface area contributed by atoms with E-state index in [1.165, 1.54) is 0 Å². The van der Waals surface area contributed by atoms with Gasteiger partial charge in [0.05, 0.1) is 10.9 Å². The van der Waals surface area contributed by atoms with Crippen LogP contribution in [0, 0.1) is 12.8 Å². The van der Waals surface area contributed by atoms with Gasteiger partial charge in [-0.1, -0.05) is 71.8 Å². The van der Waals surface area contributed by atoms with E-state index in [0.29, 0.717) is 27.3 Å². The second-order valence-corrected chi connectivity index (χ2v) is 8.24. The molecule has 3 aromatic carbocycles. The Balaban J connectivity index is 1.68. The molecule has 0 fully saturated rings. The topological polar surface area (TPSA) is 66.8 Å². The Kier molecular flexibility index (Phi) is 3.91. The van der Waals surface area contributed by atoms with E-state index in [1.54, 1.807) is 48.5 Å². The first-order valence-electron chi connectivity index (χ1n) is 9.48. The highest BCUT2D eigenvalue weighted by Crippen LogP contribution is 2.60. The largest absolute Gasteiger partial charge is 0.425 e. The van der Waals surface area contributed by atoms with Gasteiger partial charge in [-0.2, -0.15) is 0 Å². The Hall–Kier alpha value is -2.66. The summed E-state index contributed by atoms with van der Waals surface area (Å²) >= 11 is 6.14. The van der Waals surface area contributed by atoms with Gasteiger partial charge < -0.3 is 14.9 Å². The van der Waals surface area contributed by atoms with Crippen molar-refractivity contribution >= 4 is 17.6 Å². The normalized spacial score (nSPS) is 26.6. The van der Waals surface area contributed by atoms with Crippen molar-refractivity contribution in [1.82, 2.24) is 0 Å². The van der Waals surface area contributed by atoms with E-state index in [4.69, 9.17) is 16.3 Å². The molecule has 146 valence electrons. The highest BCUT2D eigenvalue weighted by atomic mass is 35.5. The van der Waals surface area contributed by atoms with Gasteiger partial charge in [0.2, 0.25) is 0 Å². The maximum absolute atomic E-state index is 13.2. The number of hydrogen-bond acceptors (Lipinski definition) is 4. The summed E-state index contributed by atoms with van der Waals surface area (Å²) in [5, 5.41) is 24.0. The van der Waals surface area contributed by atoms with Gasteiger partial charge in [-0.15, -0.1) is 0 Å². The van der Waals surface area contributed by atoms with Crippen LogP contribution in [0.4, 0.5) is 0 Å². The van der Waals surface area contributed by atoms with Crippen LogP contribution in [0.25, 0.3) is 0 Å². The summed E-state index contributed by atoms with van der Waals surface area (Å²) in [6.45, 7) is 1.94. The van der Waals surface area contributed by atoms with Crippen LogP contribution in [0.15, 0.2) is 66.7 Å². The van der Waals surface area contributed by atoms with E-state index < -0.39 is 23.1 Å². The number of carbonyl (C=O) groups excluding carboxylic acids is 1. The van der Waals surface area contributed by atoms with Gasteiger partial charge in [0.1, 0.15) is 17.0 Å². The third-order valence-corrected chi connectivity index (χ3v) is 6.46. The average molecular weight is 407 g/mol. The molecule has 0 radical (unpaired) electrons. The predicted octanol–water partition coefficient (Wildman–Crippen LogP) is 4.06. The number of hydrogen-bond donors (Lipinski definition) is 2. The van der Waals surface area contributed by atoms with Gasteiger partial charge in [0, 0.05) is 6.42 Å². The molecule has 2 N–H and O–H groups in total. The second kappa shape index (κ2) is 6.17. The van der Waals surface area contributed by atoms with Gasteiger partial charge in [-0.05, 0) is 41.3 Å². The highest BCUT2D eigenvalue weighted by molar-refractivity contribution is 6.32. The number of ether oxygens (including phenoxy) is 1. The van der Waals surface area contributed by atoms with Crippen LogP contribution < -0.4 is 4.74 Å². The van der Waals surface area contributed by atoms with Crippen molar-refractivity contribution in [2.24, 2.45) is 5.92 Å². The number of carbonyl (C=O) groups is 1. The zero-order chi connectivity index (χ0) is 20.4. The van der Waals surface area contributed by atoms with Crippen LogP contribution in [0.1, 0.15) is 34.2 Å². The number of aliphatic hydroxyl groups is 2. The molecule has 3 aliphatic rings. The van der Waals surface area contributed by atoms with Crippen LogP contribution in [-0.2, 0) is 16.0 Å². The molecule has 5 heteroatoms. The lowest BCUT2D eigenvalue weighted by Gasteiger charge is -2.53. The van der Waals surface area contributed by atoms with Gasteiger partial charge in [-0.25, -0.2) is 0 Å². The van der Waals surface area contributed by atoms with Crippen molar-refractivity contribution in [2.45, 2.75) is 24.5 Å². The molecule has 29 heavy (non-hydrogen) atoms. The van der Waals surface area contributed by atoms with Crippen molar-refractivity contribution < 1.29 is 19.7 Å². The summed E-state index contributed by atoms with van der Waals surface area (Å²) < 4.78 is 5.56. The Labute approximate surface area is 173 Å². The molecule has 6 rings (SSSR count). The van der Waals surface area contributed by atoms with E-state index in [9.17, 15) is 15.0 Å². The molecule has 0 spiro atoms. The van der Waals surface area contributed by atoms with Crippen LogP contribution in [0.5, 0.6) is 5.75 Å². The zero-order valence-electron chi connectivity index (χ0n) is 15.7. The molecule has 0 aromatic heterocycles. The molecule has 3 atom stereocenters. The van der Waals surface area contributed by atoms with Gasteiger partial charge in [-0.3, -0.25) is 4.79 Å². The standard InChI is InChI=1S/C24H19ClO4/c1-14-10-11-17-18(12-14)23(27)13-19(22(26)29-21-9-5-4-8-20(21)25)24(17,28)16-7-3-2-6-15(16)23/h2-12,19,27-28H,13H2,1H3. The van der Waals surface area contributed by atoms with Gasteiger partial charge >= 0.3 is 5.97 Å². The molecule has 0 saturated heterocycles. The summed E-state index contributed by atoms with van der Waals surface area (Å²) in [6.07, 6.45) is 0.0280. The van der Waals surface area contributed by atoms with E-state index in [1.807, 2.05) is 25.1 Å². The van der Waals surface area contributed by atoms with Crippen molar-refractivity contribution in [3.63, 3.8) is 0 Å². The Morgan fingerprint density at radius 3 is 2.38 bits per heavy atom. The average Bonchev–Trinajstić information content (AvgIpc) is 2.71. The molecule has 3 aromatic rings. The minimum absolute atomic E-state index is 0.0280. The maximum atomic E-state index is 13.2. The van der Waals surface area contributed by atoms with E-state index in [-0.39, 0.29) is 12.2 Å². The van der Waals surface area contributed by atoms with E-state index >= 15 is 0 Å². The fraction of sp³-hybridized carbons (Fsp3) is 0.208. The minimum Gasteiger partial charge on any atom is -0.425 e. The number of aryl methyl sites for hydroxylation is 1. The number of fused-ring (bicyclic) bond motifs is 1. The number of benzene rings is 3. The SMILES string of the molecule is Cc1ccc2c(c1)C1(O)CC(C(=O)Oc3ccccc3Cl)C2(O)c2ccccc21. The molecule has 0 heterocycles. The monoisotopic (exact) mass is 406 g/mol. The fourth-order valence-electron chi connectivity index (χ4n) is 4.80. The van der Waals surface area contributed by atoms with Gasteiger partial charge in [0.25, 0.3) is 0 Å². The summed E-state index contributed by atoms with van der Waals surface area (Å²) in [5.74, 6) is -1.37. The summed E-state index contributed by atoms with van der Waals surface area (Å²) in [5.41, 5.74) is 0.335. The molecule has 3 unspecified atom stereocenters. The Morgan fingerprint density at radius 2 is 1.62 bits per heavy atom. The first-order valence-corrected chi connectivity index (χ1v) is 9.86. The van der Waals surface area contributed by atoms with Gasteiger partial charge in [0.15, 0.2) is 0 Å². The van der Waals surface area contributed by atoms with E-state index in [0.717, 1.165) is 5.56 Å². The van der Waals surface area contributed by atoms with Crippen molar-refractivity contribution in [2.75, 3.05) is 0 Å². The van der Waals surface area contributed by atoms with Crippen molar-refractivity contribution in [3.8, 4) is 5.75 Å². The third-order valence-electron chi connectivity index (χ3n) is 6.15. The lowest BCUT2D eigenvalue weighted by molar-refractivity contribution is -0.157. The fourth-order valence-corrected chi connectivity index (χ4v) is 4.97. The first kappa shape index (κ1) is 18.4. The van der Waals surface area contributed by atoms with Crippen molar-refractivity contribution in [1.29, 1.82) is 0 Å². The first-order chi connectivity index (χ1) is 13.9. The summed E-state index contributed by atoms with van der Waals surface area (Å²) in [6, 6.07) is 19.4. The van der Waals surface area contributed by atoms with Crippen LogP contribution >= 0.6 is 11.6 Å². The Bertz CT molecular complexity index is 1160. The minimum atomic E-state index is -1.59. The number of esters is 1. The lowest BCUT2D eigenvalue weighted by Crippen LogP contribution is -2.57. The number of para-hydroxylation sites is 1. The van der Waals surface area contributed by atoms with E-state index in [2.05, 4.69) is 0 Å². The number of rotatable bonds is 2. The quantitative estimate of drug-likeness (QED) is 0.497. The molecule has 0 saturated carbocycles. The zero-order valence-corrected chi connectivity index (χ0v) is 16.5. The number of halogens is 1. The van der Waals surface area contributed by atoms with Crippen LogP contribution in [-0.4, -0.2) is 16.2 Å². The second-order valence-electron chi connectivity index (χ2n) is 7.83. The summed E-state index contributed by atoms with van der Waals surface area (Å²) in [7, 11) is 0. The molecular formula is C24H19ClO4. The maximum Gasteiger partial charge on any atom is 0.318 e. The molecule has 0 amide bonds. The summed E-state index contributed by atoms with van der Waals surface area (Å²) in [4.78, 5) is 13.2. The molecule has 2 bridgehead atoms. The van der Waals surface area contributed by atoms with Crippen molar-refractivity contribution in [3.05, 3.63) is 99.6 Å². The molecular weight excluding hydrogens is 388 g/mol. The molecule has 3 aliphatic carbocycles. The molecule has 0 aliphatic heterocycles. The Morgan fingerprint density at radius 1 is 0.966 bits per heavy atom. The van der Waals surface area contributed by atoms with Crippen LogP contribution in [0.3, 0.4) is 0 Å². The third kappa shape index (κ3) is 2.43. The smallest absolute Gasteiger partial charge is 0.318 e. The van der Waals surface area contributed by atoms with Crippen LogP contribution in [0.2, 0.25) is 5.02 Å². The molecule has 4 nitrogen and oxygen atoms in total. The highest BCUT2D eigenvalue weighted by Gasteiger charge is 2.62. The lowest BCUT2D eigenvalue weighted by atomic mass is 9.54. The predicted molar refractivity (Wildman–Crippen MR) is 109 cm³/mol.